The molecule has 16 nitrogen and oxygen atoms in total. The van der Waals surface area contributed by atoms with Crippen LogP contribution in [0.25, 0.3) is 22.1 Å². The lowest BCUT2D eigenvalue weighted by Gasteiger charge is -2.36. The van der Waals surface area contributed by atoms with Crippen LogP contribution in [0.3, 0.4) is 0 Å². The third-order valence-electron chi connectivity index (χ3n) is 15.9. The Balaban J connectivity index is 0.969. The van der Waals surface area contributed by atoms with Crippen molar-refractivity contribution in [2.45, 2.75) is 128 Å². The van der Waals surface area contributed by atoms with Crippen molar-refractivity contribution in [3.05, 3.63) is 82.9 Å². The average molecular weight is 963 g/mol. The molecule has 6 heterocycles. The monoisotopic (exact) mass is 962 g/mol. The first kappa shape index (κ1) is 47.2. The number of amides is 4. The number of piperidine rings is 1. The maximum Gasteiger partial charge on any atom is 0.407 e. The Kier molecular flexibility index (Phi) is 12.6. The summed E-state index contributed by atoms with van der Waals surface area (Å²) in [4.78, 5) is 76.0. The van der Waals surface area contributed by atoms with Crippen molar-refractivity contribution in [2.75, 3.05) is 43.1 Å². The van der Waals surface area contributed by atoms with Gasteiger partial charge in [0, 0.05) is 31.9 Å². The summed E-state index contributed by atoms with van der Waals surface area (Å²) in [5.74, 6) is -0.798. The molecule has 5 aliphatic rings. The van der Waals surface area contributed by atoms with Crippen LogP contribution in [0.4, 0.5) is 29.7 Å². The summed E-state index contributed by atoms with van der Waals surface area (Å²) < 4.78 is 38.0. The van der Waals surface area contributed by atoms with Crippen LogP contribution < -0.4 is 20.4 Å². The van der Waals surface area contributed by atoms with Crippen LogP contribution in [-0.2, 0) is 14.3 Å². The van der Waals surface area contributed by atoms with Crippen LogP contribution >= 0.6 is 0 Å². The zero-order valence-corrected chi connectivity index (χ0v) is 40.6. The molecular weight excluding hydrogens is 899 g/mol. The molecule has 0 unspecified atom stereocenters. The number of H-pyrrole nitrogens is 2. The molecule has 0 bridgehead atoms. The molecule has 6 atom stereocenters. The highest BCUT2D eigenvalue weighted by Gasteiger charge is 2.46. The van der Waals surface area contributed by atoms with Gasteiger partial charge in [0.2, 0.25) is 11.8 Å². The zero-order chi connectivity index (χ0) is 49.2. The quantitative estimate of drug-likeness (QED) is 0.0806. The SMILES string of the molecule is COC(=O)N[C@H](C(=O)N1CCC[C@H]1c1nc2cc([C@H]3CC[C@H](c4ccc5[nH]c([C@@H]6CCCN6C(=O)[C@@H](NC(=O)O)C(C)C)nc5c4)N3c3cc(F)c(N4CCC5(CC4)CC5)c(F)c3)ccc2[nH]1)C(C)C. The van der Waals surface area contributed by atoms with Crippen LogP contribution in [-0.4, -0.2) is 104 Å². The van der Waals surface area contributed by atoms with E-state index >= 15 is 8.78 Å². The number of halogens is 2. The van der Waals surface area contributed by atoms with E-state index in [0.717, 1.165) is 47.8 Å². The number of benzene rings is 3. The maximum absolute atomic E-state index is 16.6. The van der Waals surface area contributed by atoms with E-state index in [9.17, 15) is 24.3 Å². The molecule has 4 aliphatic heterocycles. The highest BCUT2D eigenvalue weighted by Crippen LogP contribution is 2.55. The molecule has 2 aromatic heterocycles. The number of nitrogens with one attached hydrogen (secondary N) is 4. The molecular formula is C52H64F2N10O6. The molecule has 1 aliphatic carbocycles. The molecule has 5 aromatic rings. The van der Waals surface area contributed by atoms with Gasteiger partial charge in [0.1, 0.15) is 29.4 Å². The number of fused-ring (bicyclic) bond motifs is 2. The molecule has 372 valence electrons. The number of carbonyl (C=O) groups is 4. The van der Waals surface area contributed by atoms with E-state index in [1.165, 1.54) is 32.1 Å². The zero-order valence-electron chi connectivity index (χ0n) is 40.6. The molecule has 10 rings (SSSR count). The molecule has 18 heteroatoms. The number of anilines is 2. The fourth-order valence-electron chi connectivity index (χ4n) is 11.9. The second-order valence-corrected chi connectivity index (χ2v) is 21.0. The first-order chi connectivity index (χ1) is 33.6. The van der Waals surface area contributed by atoms with E-state index in [0.29, 0.717) is 85.6 Å². The van der Waals surface area contributed by atoms with E-state index in [1.54, 1.807) is 9.80 Å². The van der Waals surface area contributed by atoms with Gasteiger partial charge in [0.15, 0.2) is 11.6 Å². The smallest absolute Gasteiger partial charge is 0.407 e. The summed E-state index contributed by atoms with van der Waals surface area (Å²) in [5.41, 5.74) is 5.63. The number of rotatable bonds is 12. The van der Waals surface area contributed by atoms with E-state index in [2.05, 4.69) is 25.5 Å². The Hall–Kier alpha value is -6.46. The predicted octanol–water partition coefficient (Wildman–Crippen LogP) is 9.18. The topological polar surface area (TPSA) is 192 Å². The normalized spacial score (nSPS) is 23.0. The van der Waals surface area contributed by atoms with Crippen molar-refractivity contribution in [2.24, 2.45) is 17.3 Å². The Bertz CT molecular complexity index is 2790. The van der Waals surface area contributed by atoms with Crippen molar-refractivity contribution >= 4 is 57.4 Å². The highest BCUT2D eigenvalue weighted by atomic mass is 19.1. The first-order valence-electron chi connectivity index (χ1n) is 25.1. The summed E-state index contributed by atoms with van der Waals surface area (Å²) in [6.45, 7) is 9.65. The number of aromatic nitrogens is 4. The van der Waals surface area contributed by atoms with E-state index in [-0.39, 0.29) is 53.5 Å². The lowest BCUT2D eigenvalue weighted by Crippen LogP contribution is -2.51. The largest absolute Gasteiger partial charge is 0.465 e. The molecule has 4 amide bonds. The van der Waals surface area contributed by atoms with Gasteiger partial charge >= 0.3 is 12.2 Å². The minimum Gasteiger partial charge on any atom is -0.465 e. The van der Waals surface area contributed by atoms with Crippen molar-refractivity contribution in [1.29, 1.82) is 0 Å². The van der Waals surface area contributed by atoms with Gasteiger partial charge in [-0.05, 0) is 129 Å². The number of nitrogens with zero attached hydrogens (tertiary/aromatic N) is 6. The van der Waals surface area contributed by atoms with Crippen molar-refractivity contribution in [3.63, 3.8) is 0 Å². The summed E-state index contributed by atoms with van der Waals surface area (Å²) in [7, 11) is 1.27. The van der Waals surface area contributed by atoms with Crippen LogP contribution in [0.2, 0.25) is 0 Å². The number of carbonyl (C=O) groups excluding carboxylic acids is 3. The Morgan fingerprint density at radius 3 is 1.61 bits per heavy atom. The van der Waals surface area contributed by atoms with Gasteiger partial charge in [0.25, 0.3) is 0 Å². The van der Waals surface area contributed by atoms with Crippen LogP contribution in [0.5, 0.6) is 0 Å². The van der Waals surface area contributed by atoms with Gasteiger partial charge in [-0.1, -0.05) is 39.8 Å². The van der Waals surface area contributed by atoms with E-state index in [1.807, 2.05) is 69.0 Å². The molecule has 5 fully saturated rings. The second-order valence-electron chi connectivity index (χ2n) is 21.0. The van der Waals surface area contributed by atoms with Crippen LogP contribution in [0.15, 0.2) is 48.5 Å². The minimum absolute atomic E-state index is 0.0283. The Morgan fingerprint density at radius 2 is 1.17 bits per heavy atom. The number of alkyl carbamates (subject to hydrolysis) is 1. The number of hydrogen-bond acceptors (Lipinski definition) is 9. The molecule has 70 heavy (non-hydrogen) atoms. The van der Waals surface area contributed by atoms with Crippen LogP contribution in [0, 0.1) is 28.9 Å². The second kappa shape index (κ2) is 18.7. The van der Waals surface area contributed by atoms with Gasteiger partial charge in [-0.15, -0.1) is 0 Å². The third-order valence-corrected chi connectivity index (χ3v) is 15.9. The van der Waals surface area contributed by atoms with Gasteiger partial charge in [-0.2, -0.15) is 0 Å². The van der Waals surface area contributed by atoms with Gasteiger partial charge in [0.05, 0.1) is 53.3 Å². The fourth-order valence-corrected chi connectivity index (χ4v) is 11.9. The third kappa shape index (κ3) is 8.86. The van der Waals surface area contributed by atoms with Crippen LogP contribution in [0.1, 0.15) is 139 Å². The maximum atomic E-state index is 16.6. The Morgan fingerprint density at radius 1 is 0.686 bits per heavy atom. The first-order valence-corrected chi connectivity index (χ1v) is 25.1. The average Bonchev–Trinajstić information content (AvgIpc) is 4.01. The number of methoxy groups -OCH3 is 1. The van der Waals surface area contributed by atoms with E-state index in [4.69, 9.17) is 14.7 Å². The number of imidazole rings is 2. The number of ether oxygens (including phenoxy) is 1. The number of likely N-dealkylation sites (tertiary alicyclic amines) is 2. The fraction of sp³-hybridized carbons (Fsp3) is 0.538. The van der Waals surface area contributed by atoms with Gasteiger partial charge in [-0.25, -0.2) is 28.3 Å². The Labute approximate surface area is 405 Å². The standard InChI is InChI=1S/C52H64F2N10O6/c1-28(2)43(59-50(67)68)48(65)62-20-6-8-41(62)46-55-35-12-10-30(24-37(35)57-46)39-14-15-40(64(39)32-26-33(53)45(34(54)27-32)61-22-18-52(16-17-52)19-23-61)31-11-13-36-38(25-31)58-47(56-36)42-9-7-21-63(42)49(66)44(29(3)4)60-51(69)70-5/h10-13,24-29,39-44,59H,6-9,14-23H2,1-5H3,(H,55,57)(H,56,58)(H,60,69)(H,67,68)/t39-,40-,41+,42+,43+,44+/m1/s1. The van der Waals surface area contributed by atoms with Gasteiger partial charge in [-0.3, -0.25) is 9.59 Å². The van der Waals surface area contributed by atoms with Crippen molar-refractivity contribution < 1.29 is 37.8 Å². The number of hydrogen-bond donors (Lipinski definition) is 5. The van der Waals surface area contributed by atoms with E-state index < -0.39 is 35.9 Å². The molecule has 3 aromatic carbocycles. The lowest BCUT2D eigenvalue weighted by atomic mass is 9.93. The number of carboxylic acid groups (broad SMARTS) is 1. The summed E-state index contributed by atoms with van der Waals surface area (Å²) in [6.07, 6.45) is 6.59. The predicted molar refractivity (Wildman–Crippen MR) is 260 cm³/mol. The molecule has 1 spiro atoms. The summed E-state index contributed by atoms with van der Waals surface area (Å²) in [6, 6.07) is 12.1. The van der Waals surface area contributed by atoms with Gasteiger partial charge < -0.3 is 50.0 Å². The molecule has 0 radical (unpaired) electrons. The molecule has 5 N–H and O–H groups in total. The minimum atomic E-state index is -1.25. The number of aromatic amines is 2. The highest BCUT2D eigenvalue weighted by molar-refractivity contribution is 5.87. The van der Waals surface area contributed by atoms with Crippen molar-refractivity contribution in [1.82, 2.24) is 40.4 Å². The summed E-state index contributed by atoms with van der Waals surface area (Å²) in [5, 5.41) is 14.6. The summed E-state index contributed by atoms with van der Waals surface area (Å²) >= 11 is 0. The molecule has 1 saturated carbocycles. The molecule has 4 saturated heterocycles. The van der Waals surface area contributed by atoms with Crippen molar-refractivity contribution in [3.8, 4) is 0 Å². The lowest BCUT2D eigenvalue weighted by molar-refractivity contribution is -0.136.